The molecule has 0 aliphatic carbocycles. The number of thioether (sulfide) groups is 1. The fourth-order valence-electron chi connectivity index (χ4n) is 0.885. The molecule has 0 spiro atoms. The largest absolute Gasteiger partial charge is 0.254 e. The van der Waals surface area contributed by atoms with E-state index < -0.39 is 10.8 Å². The van der Waals surface area contributed by atoms with Gasteiger partial charge in [-0.1, -0.05) is 6.07 Å². The van der Waals surface area contributed by atoms with Gasteiger partial charge in [0, 0.05) is 16.4 Å². The van der Waals surface area contributed by atoms with Crippen LogP contribution in [0.4, 0.5) is 4.39 Å². The number of hydrogen-bond acceptors (Lipinski definition) is 2. The minimum absolute atomic E-state index is 0.324. The third-order valence-corrected chi connectivity index (χ3v) is 3.76. The second-order valence-electron chi connectivity index (χ2n) is 2.50. The van der Waals surface area contributed by atoms with E-state index in [4.69, 9.17) is 0 Å². The van der Waals surface area contributed by atoms with Crippen LogP contribution in [-0.4, -0.2) is 22.0 Å². The van der Waals surface area contributed by atoms with E-state index in [0.717, 1.165) is 5.75 Å². The molecule has 0 saturated heterocycles. The molecule has 1 unspecified atom stereocenters. The van der Waals surface area contributed by atoms with Crippen molar-refractivity contribution >= 4 is 22.6 Å². The maximum absolute atomic E-state index is 12.7. The van der Waals surface area contributed by atoms with Crippen LogP contribution < -0.4 is 0 Å². The van der Waals surface area contributed by atoms with E-state index in [1.165, 1.54) is 12.1 Å². The molecule has 0 amide bonds. The van der Waals surface area contributed by atoms with Crippen molar-refractivity contribution in [1.29, 1.82) is 0 Å². The van der Waals surface area contributed by atoms with Crippen molar-refractivity contribution < 1.29 is 8.60 Å². The number of rotatable bonds is 4. The Bertz CT molecular complexity index is 301. The first-order valence-corrected chi connectivity index (χ1v) is 6.58. The van der Waals surface area contributed by atoms with Crippen LogP contribution in [0.25, 0.3) is 0 Å². The lowest BCUT2D eigenvalue weighted by Crippen LogP contribution is -2.00. The third kappa shape index (κ3) is 3.48. The van der Waals surface area contributed by atoms with E-state index in [9.17, 15) is 8.60 Å². The lowest BCUT2D eigenvalue weighted by Gasteiger charge is -2.00. The summed E-state index contributed by atoms with van der Waals surface area (Å²) in [6.45, 7) is 0. The minimum atomic E-state index is -1.05. The SMILES string of the molecule is CSCCS(=O)c1cccc(F)c1. The summed E-state index contributed by atoms with van der Waals surface area (Å²) in [5, 5.41) is 0. The molecule has 0 aliphatic heterocycles. The highest BCUT2D eigenvalue weighted by Gasteiger charge is 2.03. The van der Waals surface area contributed by atoms with Crippen molar-refractivity contribution in [3.8, 4) is 0 Å². The number of halogens is 1. The maximum Gasteiger partial charge on any atom is 0.124 e. The molecule has 1 atom stereocenters. The predicted octanol–water partition coefficient (Wildman–Crippen LogP) is 2.30. The van der Waals surface area contributed by atoms with Gasteiger partial charge in [-0.2, -0.15) is 11.8 Å². The summed E-state index contributed by atoms with van der Waals surface area (Å²) in [5.41, 5.74) is 0. The lowest BCUT2D eigenvalue weighted by molar-refractivity contribution is 0.622. The molecule has 1 aromatic rings. The van der Waals surface area contributed by atoms with Crippen molar-refractivity contribution in [3.05, 3.63) is 30.1 Å². The van der Waals surface area contributed by atoms with Crippen LogP contribution in [0.1, 0.15) is 0 Å². The van der Waals surface area contributed by atoms with Crippen LogP contribution in [-0.2, 0) is 10.8 Å². The quantitative estimate of drug-likeness (QED) is 0.771. The summed E-state index contributed by atoms with van der Waals surface area (Å²) in [5.74, 6) is 1.10. The van der Waals surface area contributed by atoms with Crippen molar-refractivity contribution in [2.75, 3.05) is 17.8 Å². The molecule has 0 saturated carbocycles. The van der Waals surface area contributed by atoms with Crippen LogP contribution in [0.2, 0.25) is 0 Å². The van der Waals surface area contributed by atoms with E-state index in [1.807, 2.05) is 6.26 Å². The van der Waals surface area contributed by atoms with Gasteiger partial charge >= 0.3 is 0 Å². The van der Waals surface area contributed by atoms with E-state index in [1.54, 1.807) is 23.9 Å². The zero-order valence-corrected chi connectivity index (χ0v) is 8.96. The van der Waals surface area contributed by atoms with Crippen LogP contribution in [0.5, 0.6) is 0 Å². The molecule has 4 heteroatoms. The van der Waals surface area contributed by atoms with Gasteiger partial charge in [-0.3, -0.25) is 4.21 Å². The van der Waals surface area contributed by atoms with E-state index in [2.05, 4.69) is 0 Å². The molecule has 0 heterocycles. The van der Waals surface area contributed by atoms with Gasteiger partial charge < -0.3 is 0 Å². The standard InChI is InChI=1S/C9H11FOS2/c1-12-5-6-13(11)9-4-2-3-8(10)7-9/h2-4,7H,5-6H2,1H3. The van der Waals surface area contributed by atoms with Gasteiger partial charge in [-0.15, -0.1) is 0 Å². The van der Waals surface area contributed by atoms with E-state index in [-0.39, 0.29) is 5.82 Å². The van der Waals surface area contributed by atoms with Gasteiger partial charge in [0.1, 0.15) is 5.82 Å². The monoisotopic (exact) mass is 218 g/mol. The summed E-state index contributed by atoms with van der Waals surface area (Å²) < 4.78 is 24.2. The molecule has 0 radical (unpaired) electrons. The average molecular weight is 218 g/mol. The van der Waals surface area contributed by atoms with Gasteiger partial charge in [0.2, 0.25) is 0 Å². The molecule has 1 nitrogen and oxygen atoms in total. The maximum atomic E-state index is 12.7. The van der Waals surface area contributed by atoms with Gasteiger partial charge in [-0.05, 0) is 24.5 Å². The molecule has 72 valence electrons. The molecular formula is C9H11FOS2. The highest BCUT2D eigenvalue weighted by atomic mass is 32.2. The molecule has 1 aromatic carbocycles. The molecular weight excluding hydrogens is 207 g/mol. The molecule has 1 rings (SSSR count). The molecule has 0 aliphatic rings. The van der Waals surface area contributed by atoms with Crippen molar-refractivity contribution in [2.24, 2.45) is 0 Å². The van der Waals surface area contributed by atoms with Gasteiger partial charge in [0.15, 0.2) is 0 Å². The van der Waals surface area contributed by atoms with Gasteiger partial charge in [-0.25, -0.2) is 4.39 Å². The Labute approximate surface area is 84.2 Å². The Morgan fingerprint density at radius 2 is 2.31 bits per heavy atom. The Kier molecular flexibility index (Phi) is 4.45. The smallest absolute Gasteiger partial charge is 0.124 e. The highest BCUT2D eigenvalue weighted by Crippen LogP contribution is 2.09. The molecule has 0 aromatic heterocycles. The Morgan fingerprint density at radius 3 is 2.92 bits per heavy atom. The highest BCUT2D eigenvalue weighted by molar-refractivity contribution is 7.99. The predicted molar refractivity (Wildman–Crippen MR) is 56.1 cm³/mol. The van der Waals surface area contributed by atoms with Crippen molar-refractivity contribution in [1.82, 2.24) is 0 Å². The van der Waals surface area contributed by atoms with Crippen LogP contribution in [0, 0.1) is 5.82 Å². The first-order valence-electron chi connectivity index (χ1n) is 3.87. The van der Waals surface area contributed by atoms with Gasteiger partial charge in [0.05, 0.1) is 10.8 Å². The lowest BCUT2D eigenvalue weighted by atomic mass is 10.4. The second kappa shape index (κ2) is 5.40. The van der Waals surface area contributed by atoms with Crippen LogP contribution in [0.15, 0.2) is 29.2 Å². The normalized spacial score (nSPS) is 12.8. The Balaban J connectivity index is 2.66. The summed E-state index contributed by atoms with van der Waals surface area (Å²) >= 11 is 1.64. The number of benzene rings is 1. The fourth-order valence-corrected chi connectivity index (χ4v) is 2.87. The summed E-state index contributed by atoms with van der Waals surface area (Å²) in [6, 6.07) is 5.97. The van der Waals surface area contributed by atoms with Crippen molar-refractivity contribution in [2.45, 2.75) is 4.90 Å². The first kappa shape index (κ1) is 10.7. The van der Waals surface area contributed by atoms with Gasteiger partial charge in [0.25, 0.3) is 0 Å². The first-order chi connectivity index (χ1) is 6.24. The molecule has 0 bridgehead atoms. The Hall–Kier alpha value is -0.350. The van der Waals surface area contributed by atoms with E-state index >= 15 is 0 Å². The van der Waals surface area contributed by atoms with Crippen LogP contribution in [0.3, 0.4) is 0 Å². The second-order valence-corrected chi connectivity index (χ2v) is 5.06. The summed E-state index contributed by atoms with van der Waals surface area (Å²) in [4.78, 5) is 0.578. The molecule has 0 fully saturated rings. The topological polar surface area (TPSA) is 17.1 Å². The zero-order valence-electron chi connectivity index (χ0n) is 7.33. The fraction of sp³-hybridized carbons (Fsp3) is 0.333. The molecule has 13 heavy (non-hydrogen) atoms. The minimum Gasteiger partial charge on any atom is -0.254 e. The van der Waals surface area contributed by atoms with E-state index in [0.29, 0.717) is 10.6 Å². The van der Waals surface area contributed by atoms with Crippen LogP contribution >= 0.6 is 11.8 Å². The Morgan fingerprint density at radius 1 is 1.54 bits per heavy atom. The summed E-state index contributed by atoms with van der Waals surface area (Å²) in [7, 11) is -1.05. The molecule has 0 N–H and O–H groups in total. The zero-order chi connectivity index (χ0) is 9.68. The third-order valence-electron chi connectivity index (χ3n) is 1.53. The average Bonchev–Trinajstić information content (AvgIpc) is 2.14. The summed E-state index contributed by atoms with van der Waals surface area (Å²) in [6.07, 6.45) is 1.96. The van der Waals surface area contributed by atoms with Crippen molar-refractivity contribution in [3.63, 3.8) is 0 Å². The number of hydrogen-bond donors (Lipinski definition) is 0.